The second kappa shape index (κ2) is 9.56. The van der Waals surface area contributed by atoms with Crippen molar-refractivity contribution < 1.29 is 9.47 Å². The van der Waals surface area contributed by atoms with E-state index in [1.807, 2.05) is 98.2 Å². The maximum Gasteiger partial charge on any atom is 0.225 e. The fourth-order valence-corrected chi connectivity index (χ4v) is 2.99. The first-order valence-electron chi connectivity index (χ1n) is 9.80. The third-order valence-corrected chi connectivity index (χ3v) is 4.61. The van der Waals surface area contributed by atoms with Gasteiger partial charge in [-0.25, -0.2) is 4.98 Å². The van der Waals surface area contributed by atoms with Gasteiger partial charge in [0, 0.05) is 30.4 Å². The van der Waals surface area contributed by atoms with Crippen molar-refractivity contribution in [2.45, 2.75) is 13.2 Å². The normalized spacial score (nSPS) is 10.4. The lowest BCUT2D eigenvalue weighted by Gasteiger charge is -2.13. The molecule has 0 saturated heterocycles. The van der Waals surface area contributed by atoms with Crippen LogP contribution in [-0.2, 0) is 13.2 Å². The van der Waals surface area contributed by atoms with Crippen LogP contribution in [0, 0.1) is 0 Å². The van der Waals surface area contributed by atoms with E-state index in [1.165, 1.54) is 0 Å². The largest absolute Gasteiger partial charge is 0.473 e. The number of anilines is 1. The van der Waals surface area contributed by atoms with Gasteiger partial charge < -0.3 is 14.8 Å². The van der Waals surface area contributed by atoms with Crippen molar-refractivity contribution in [2.75, 3.05) is 12.4 Å². The molecule has 2 aromatic carbocycles. The molecule has 5 heteroatoms. The molecule has 5 nitrogen and oxygen atoms in total. The topological polar surface area (TPSA) is 56.3 Å². The minimum Gasteiger partial charge on any atom is -0.473 e. The van der Waals surface area contributed by atoms with Crippen molar-refractivity contribution in [2.24, 2.45) is 0 Å². The summed E-state index contributed by atoms with van der Waals surface area (Å²) in [5.74, 6) is 1.84. The van der Waals surface area contributed by atoms with Gasteiger partial charge in [-0.1, -0.05) is 60.7 Å². The highest BCUT2D eigenvalue weighted by molar-refractivity contribution is 5.69. The van der Waals surface area contributed by atoms with Crippen LogP contribution in [0.4, 0.5) is 5.82 Å². The molecule has 0 saturated carbocycles. The molecule has 0 aliphatic carbocycles. The maximum absolute atomic E-state index is 6.09. The molecule has 2 heterocycles. The summed E-state index contributed by atoms with van der Waals surface area (Å²) >= 11 is 0. The van der Waals surface area contributed by atoms with E-state index in [0.29, 0.717) is 25.0 Å². The van der Waals surface area contributed by atoms with Crippen LogP contribution in [0.15, 0.2) is 91.1 Å². The fraction of sp³-hybridized carbons (Fsp3) is 0.120. The molecule has 0 fully saturated rings. The molecular weight excluding hydrogens is 374 g/mol. The highest BCUT2D eigenvalue weighted by atomic mass is 16.5. The molecule has 0 radical (unpaired) electrons. The van der Waals surface area contributed by atoms with Crippen molar-refractivity contribution in [1.82, 2.24) is 9.97 Å². The van der Waals surface area contributed by atoms with Gasteiger partial charge in [0.25, 0.3) is 0 Å². The van der Waals surface area contributed by atoms with E-state index >= 15 is 0 Å². The molecule has 1 N–H and O–H groups in total. The van der Waals surface area contributed by atoms with E-state index in [-0.39, 0.29) is 0 Å². The quantitative estimate of drug-likeness (QED) is 0.435. The zero-order valence-electron chi connectivity index (χ0n) is 16.8. The van der Waals surface area contributed by atoms with E-state index in [0.717, 1.165) is 28.1 Å². The van der Waals surface area contributed by atoms with Gasteiger partial charge in [-0.05, 0) is 29.3 Å². The number of ether oxygens (including phenoxy) is 2. The summed E-state index contributed by atoms with van der Waals surface area (Å²) in [5.41, 5.74) is 3.96. The Kier molecular flexibility index (Phi) is 6.20. The lowest BCUT2D eigenvalue weighted by atomic mass is 10.1. The van der Waals surface area contributed by atoms with Gasteiger partial charge in [0.1, 0.15) is 19.0 Å². The summed E-state index contributed by atoms with van der Waals surface area (Å²) in [4.78, 5) is 9.04. The van der Waals surface area contributed by atoms with Crippen LogP contribution in [0.5, 0.6) is 11.8 Å². The van der Waals surface area contributed by atoms with Crippen LogP contribution in [0.3, 0.4) is 0 Å². The summed E-state index contributed by atoms with van der Waals surface area (Å²) in [6.45, 7) is 0.870. The van der Waals surface area contributed by atoms with Gasteiger partial charge >= 0.3 is 0 Å². The molecule has 0 unspecified atom stereocenters. The second-order valence-corrected chi connectivity index (χ2v) is 6.73. The Morgan fingerprint density at radius 2 is 1.40 bits per heavy atom. The Morgan fingerprint density at radius 3 is 2.00 bits per heavy atom. The first-order chi connectivity index (χ1) is 14.8. The number of nitrogens with one attached hydrogen (secondary N) is 1. The summed E-state index contributed by atoms with van der Waals surface area (Å²) in [6, 6.07) is 27.8. The van der Waals surface area contributed by atoms with E-state index in [4.69, 9.17) is 9.47 Å². The SMILES string of the molecule is CNc1ccc(-c2ccc(OCc3ccccc3)nc2OCc2ccccc2)cn1. The van der Waals surface area contributed by atoms with Crippen molar-refractivity contribution in [1.29, 1.82) is 0 Å². The van der Waals surface area contributed by atoms with Gasteiger partial charge in [-0.15, -0.1) is 0 Å². The molecule has 0 spiro atoms. The van der Waals surface area contributed by atoms with Crippen LogP contribution in [0.1, 0.15) is 11.1 Å². The van der Waals surface area contributed by atoms with Crippen LogP contribution >= 0.6 is 0 Å². The van der Waals surface area contributed by atoms with E-state index < -0.39 is 0 Å². The fourth-order valence-electron chi connectivity index (χ4n) is 2.99. The van der Waals surface area contributed by atoms with Crippen molar-refractivity contribution >= 4 is 5.82 Å². The highest BCUT2D eigenvalue weighted by Gasteiger charge is 2.12. The van der Waals surface area contributed by atoms with Gasteiger partial charge in [-0.3, -0.25) is 0 Å². The molecule has 4 aromatic rings. The van der Waals surface area contributed by atoms with E-state index in [9.17, 15) is 0 Å². The number of benzene rings is 2. The van der Waals surface area contributed by atoms with Crippen LogP contribution in [0.2, 0.25) is 0 Å². The molecule has 4 rings (SSSR count). The predicted octanol–water partition coefficient (Wildman–Crippen LogP) is 5.34. The summed E-state index contributed by atoms with van der Waals surface area (Å²) in [5, 5.41) is 3.03. The summed E-state index contributed by atoms with van der Waals surface area (Å²) in [6.07, 6.45) is 1.81. The van der Waals surface area contributed by atoms with Crippen molar-refractivity contribution in [3.8, 4) is 22.9 Å². The predicted molar refractivity (Wildman–Crippen MR) is 119 cm³/mol. The Balaban J connectivity index is 1.58. The molecule has 0 aliphatic heterocycles. The van der Waals surface area contributed by atoms with Crippen LogP contribution in [-0.4, -0.2) is 17.0 Å². The van der Waals surface area contributed by atoms with Gasteiger partial charge in [0.2, 0.25) is 11.8 Å². The van der Waals surface area contributed by atoms with Crippen molar-refractivity contribution in [3.63, 3.8) is 0 Å². The zero-order valence-corrected chi connectivity index (χ0v) is 16.8. The molecule has 30 heavy (non-hydrogen) atoms. The van der Waals surface area contributed by atoms with Crippen LogP contribution < -0.4 is 14.8 Å². The molecule has 0 amide bonds. The highest BCUT2D eigenvalue weighted by Crippen LogP contribution is 2.31. The Labute approximate surface area is 176 Å². The summed E-state index contributed by atoms with van der Waals surface area (Å²) < 4.78 is 12.0. The Morgan fingerprint density at radius 1 is 0.733 bits per heavy atom. The third-order valence-electron chi connectivity index (χ3n) is 4.61. The third kappa shape index (κ3) is 4.94. The lowest BCUT2D eigenvalue weighted by molar-refractivity contribution is 0.268. The lowest BCUT2D eigenvalue weighted by Crippen LogP contribution is -2.02. The van der Waals surface area contributed by atoms with Crippen LogP contribution in [0.25, 0.3) is 11.1 Å². The number of nitrogens with zero attached hydrogens (tertiary/aromatic N) is 2. The maximum atomic E-state index is 6.09. The minimum atomic E-state index is 0.422. The smallest absolute Gasteiger partial charge is 0.225 e. The molecule has 0 atom stereocenters. The number of hydrogen-bond acceptors (Lipinski definition) is 5. The first-order valence-corrected chi connectivity index (χ1v) is 9.80. The molecule has 2 aromatic heterocycles. The van der Waals surface area contributed by atoms with E-state index in [2.05, 4.69) is 15.3 Å². The summed E-state index contributed by atoms with van der Waals surface area (Å²) in [7, 11) is 1.84. The van der Waals surface area contributed by atoms with Gasteiger partial charge in [0.15, 0.2) is 0 Å². The molecular formula is C25H23N3O2. The zero-order chi connectivity index (χ0) is 20.6. The minimum absolute atomic E-state index is 0.422. The Bertz CT molecular complexity index is 1070. The van der Waals surface area contributed by atoms with Gasteiger partial charge in [0.05, 0.1) is 0 Å². The standard InChI is InChI=1S/C25H23N3O2/c1-26-23-14-12-21(16-27-23)22-13-15-24(29-17-19-8-4-2-5-9-19)28-25(22)30-18-20-10-6-3-7-11-20/h2-16H,17-18H2,1H3,(H,26,27). The average Bonchev–Trinajstić information content (AvgIpc) is 2.83. The van der Waals surface area contributed by atoms with Crippen molar-refractivity contribution in [3.05, 3.63) is 102 Å². The first kappa shape index (κ1) is 19.5. The molecule has 0 aliphatic rings. The second-order valence-electron chi connectivity index (χ2n) is 6.73. The number of aromatic nitrogens is 2. The number of pyridine rings is 2. The Hall–Kier alpha value is -3.86. The van der Waals surface area contributed by atoms with Gasteiger partial charge in [-0.2, -0.15) is 4.98 Å². The number of hydrogen-bond donors (Lipinski definition) is 1. The molecule has 150 valence electrons. The monoisotopic (exact) mass is 397 g/mol. The van der Waals surface area contributed by atoms with E-state index in [1.54, 1.807) is 0 Å². The molecule has 0 bridgehead atoms. The average molecular weight is 397 g/mol. The number of rotatable bonds is 8.